The lowest BCUT2D eigenvalue weighted by atomic mass is 10.0. The summed E-state index contributed by atoms with van der Waals surface area (Å²) in [7, 11) is 4.36. The molecule has 1 saturated heterocycles. The summed E-state index contributed by atoms with van der Waals surface area (Å²) in [5.41, 5.74) is 8.41. The van der Waals surface area contributed by atoms with E-state index >= 15 is 0 Å². The van der Waals surface area contributed by atoms with E-state index in [0.717, 1.165) is 19.1 Å². The van der Waals surface area contributed by atoms with Gasteiger partial charge in [0.1, 0.15) is 0 Å². The quantitative estimate of drug-likeness (QED) is 0.889. The average Bonchev–Trinajstić information content (AvgIpc) is 2.39. The van der Waals surface area contributed by atoms with Crippen LogP contribution in [-0.4, -0.2) is 38.1 Å². The molecule has 0 saturated carbocycles. The Labute approximate surface area is 111 Å². The number of nitrogens with zero attached hydrogens (tertiary/aromatic N) is 2. The van der Waals surface area contributed by atoms with Crippen molar-refractivity contribution in [3.05, 3.63) is 29.8 Å². The zero-order valence-corrected chi connectivity index (χ0v) is 11.8. The highest BCUT2D eigenvalue weighted by molar-refractivity contribution is 5.48. The van der Waals surface area contributed by atoms with E-state index < -0.39 is 0 Å². The highest BCUT2D eigenvalue weighted by Crippen LogP contribution is 2.23. The Morgan fingerprint density at radius 2 is 1.72 bits per heavy atom. The molecule has 1 aliphatic rings. The molecule has 0 amide bonds. The van der Waals surface area contributed by atoms with Gasteiger partial charge in [0.25, 0.3) is 0 Å². The van der Waals surface area contributed by atoms with Crippen molar-refractivity contribution in [2.24, 2.45) is 5.73 Å². The van der Waals surface area contributed by atoms with Gasteiger partial charge in [-0.25, -0.2) is 0 Å². The van der Waals surface area contributed by atoms with Crippen LogP contribution in [-0.2, 0) is 0 Å². The lowest BCUT2D eigenvalue weighted by molar-refractivity contribution is 0.249. The zero-order valence-electron chi connectivity index (χ0n) is 11.8. The van der Waals surface area contributed by atoms with E-state index in [2.05, 4.69) is 48.2 Å². The van der Waals surface area contributed by atoms with Gasteiger partial charge < -0.3 is 15.5 Å². The van der Waals surface area contributed by atoms with Crippen LogP contribution in [0.25, 0.3) is 0 Å². The van der Waals surface area contributed by atoms with E-state index in [9.17, 15) is 0 Å². The first-order valence-corrected chi connectivity index (χ1v) is 6.85. The van der Waals surface area contributed by atoms with Crippen LogP contribution in [0, 0.1) is 0 Å². The first-order chi connectivity index (χ1) is 8.58. The van der Waals surface area contributed by atoms with Crippen LogP contribution < -0.4 is 10.6 Å². The van der Waals surface area contributed by atoms with Gasteiger partial charge in [0, 0.05) is 30.9 Å². The van der Waals surface area contributed by atoms with E-state index in [1.165, 1.54) is 24.1 Å². The summed E-state index contributed by atoms with van der Waals surface area (Å²) in [6.07, 6.45) is 2.50. The second-order valence-electron chi connectivity index (χ2n) is 5.56. The molecule has 0 spiro atoms. The maximum absolute atomic E-state index is 5.87. The van der Waals surface area contributed by atoms with Gasteiger partial charge in [0.2, 0.25) is 0 Å². The van der Waals surface area contributed by atoms with Gasteiger partial charge in [0.15, 0.2) is 0 Å². The smallest absolute Gasteiger partial charge is 0.0366 e. The van der Waals surface area contributed by atoms with Crippen LogP contribution in [0.3, 0.4) is 0 Å². The van der Waals surface area contributed by atoms with Crippen LogP contribution in [0.4, 0.5) is 5.69 Å². The predicted molar refractivity (Wildman–Crippen MR) is 78.0 cm³/mol. The fourth-order valence-electron chi connectivity index (χ4n) is 2.63. The summed E-state index contributed by atoms with van der Waals surface area (Å²) < 4.78 is 0. The molecule has 0 aromatic heterocycles. The molecule has 100 valence electrons. The van der Waals surface area contributed by atoms with Crippen molar-refractivity contribution in [3.8, 4) is 0 Å². The standard InChI is InChI=1S/C15H25N3/c1-12(16)13-4-6-15(7-5-13)18-10-8-14(9-11-18)17(2)3/h4-7,12,14H,8-11,16H2,1-3H3. The fraction of sp³-hybridized carbons (Fsp3) is 0.600. The van der Waals surface area contributed by atoms with Crippen molar-refractivity contribution in [1.82, 2.24) is 4.90 Å². The summed E-state index contributed by atoms with van der Waals surface area (Å²) in [5, 5.41) is 0. The topological polar surface area (TPSA) is 32.5 Å². The molecule has 1 unspecified atom stereocenters. The number of benzene rings is 1. The maximum atomic E-state index is 5.87. The molecule has 1 atom stereocenters. The number of hydrogen-bond donors (Lipinski definition) is 1. The summed E-state index contributed by atoms with van der Waals surface area (Å²) in [4.78, 5) is 4.82. The van der Waals surface area contributed by atoms with Crippen LogP contribution >= 0.6 is 0 Å². The normalized spacial score (nSPS) is 19.3. The van der Waals surface area contributed by atoms with E-state index in [1.54, 1.807) is 0 Å². The fourth-order valence-corrected chi connectivity index (χ4v) is 2.63. The third-order valence-electron chi connectivity index (χ3n) is 3.98. The van der Waals surface area contributed by atoms with Crippen LogP contribution in [0.5, 0.6) is 0 Å². The van der Waals surface area contributed by atoms with Crippen LogP contribution in [0.15, 0.2) is 24.3 Å². The molecule has 0 aliphatic carbocycles. The Bertz CT molecular complexity index is 362. The minimum absolute atomic E-state index is 0.124. The molecular formula is C15H25N3. The lowest BCUT2D eigenvalue weighted by Gasteiger charge is -2.36. The third kappa shape index (κ3) is 3.03. The molecular weight excluding hydrogens is 222 g/mol. The highest BCUT2D eigenvalue weighted by Gasteiger charge is 2.20. The number of nitrogens with two attached hydrogens (primary N) is 1. The maximum Gasteiger partial charge on any atom is 0.0366 e. The predicted octanol–water partition coefficient (Wildman–Crippen LogP) is 2.24. The number of rotatable bonds is 3. The first kappa shape index (κ1) is 13.4. The second-order valence-corrected chi connectivity index (χ2v) is 5.56. The van der Waals surface area contributed by atoms with E-state index in [1.807, 2.05) is 6.92 Å². The Kier molecular flexibility index (Phi) is 4.25. The molecule has 3 heteroatoms. The van der Waals surface area contributed by atoms with Crippen LogP contribution in [0.1, 0.15) is 31.4 Å². The molecule has 1 aliphatic heterocycles. The van der Waals surface area contributed by atoms with Crippen LogP contribution in [0.2, 0.25) is 0 Å². The zero-order chi connectivity index (χ0) is 13.1. The number of anilines is 1. The van der Waals surface area contributed by atoms with Gasteiger partial charge in [0.05, 0.1) is 0 Å². The van der Waals surface area contributed by atoms with Crippen molar-refractivity contribution in [1.29, 1.82) is 0 Å². The second kappa shape index (κ2) is 5.72. The Morgan fingerprint density at radius 3 is 2.17 bits per heavy atom. The van der Waals surface area contributed by atoms with Gasteiger partial charge in [-0.1, -0.05) is 12.1 Å². The molecule has 18 heavy (non-hydrogen) atoms. The van der Waals surface area contributed by atoms with Crippen molar-refractivity contribution in [3.63, 3.8) is 0 Å². The molecule has 1 aromatic rings. The van der Waals surface area contributed by atoms with Crippen molar-refractivity contribution in [2.45, 2.75) is 31.8 Å². The van der Waals surface area contributed by atoms with Gasteiger partial charge in [-0.2, -0.15) is 0 Å². The molecule has 0 bridgehead atoms. The summed E-state index contributed by atoms with van der Waals surface area (Å²) in [5.74, 6) is 0. The summed E-state index contributed by atoms with van der Waals surface area (Å²) in [6, 6.07) is 9.57. The monoisotopic (exact) mass is 247 g/mol. The van der Waals surface area contributed by atoms with Gasteiger partial charge in [-0.05, 0) is 51.6 Å². The SMILES string of the molecule is CC(N)c1ccc(N2CCC(N(C)C)CC2)cc1. The van der Waals surface area contributed by atoms with Gasteiger partial charge >= 0.3 is 0 Å². The molecule has 1 fully saturated rings. The van der Waals surface area contributed by atoms with Crippen molar-refractivity contribution < 1.29 is 0 Å². The molecule has 3 nitrogen and oxygen atoms in total. The Morgan fingerprint density at radius 1 is 1.17 bits per heavy atom. The van der Waals surface area contributed by atoms with Crippen molar-refractivity contribution in [2.75, 3.05) is 32.1 Å². The average molecular weight is 247 g/mol. The highest BCUT2D eigenvalue weighted by atomic mass is 15.2. The molecule has 1 heterocycles. The van der Waals surface area contributed by atoms with Crippen molar-refractivity contribution >= 4 is 5.69 Å². The number of piperidine rings is 1. The minimum atomic E-state index is 0.124. The Balaban J connectivity index is 1.97. The summed E-state index contributed by atoms with van der Waals surface area (Å²) in [6.45, 7) is 4.33. The van der Waals surface area contributed by atoms with E-state index in [-0.39, 0.29) is 6.04 Å². The van der Waals surface area contributed by atoms with Gasteiger partial charge in [-0.3, -0.25) is 0 Å². The first-order valence-electron chi connectivity index (χ1n) is 6.85. The molecule has 0 radical (unpaired) electrons. The third-order valence-corrected chi connectivity index (χ3v) is 3.98. The minimum Gasteiger partial charge on any atom is -0.371 e. The van der Waals surface area contributed by atoms with Gasteiger partial charge in [-0.15, -0.1) is 0 Å². The van der Waals surface area contributed by atoms with E-state index in [4.69, 9.17) is 5.73 Å². The summed E-state index contributed by atoms with van der Waals surface area (Å²) >= 11 is 0. The number of hydrogen-bond acceptors (Lipinski definition) is 3. The molecule has 2 rings (SSSR count). The molecule has 1 aromatic carbocycles. The largest absolute Gasteiger partial charge is 0.371 e. The lowest BCUT2D eigenvalue weighted by Crippen LogP contribution is -2.41. The Hall–Kier alpha value is -1.06. The van der Waals surface area contributed by atoms with E-state index in [0.29, 0.717) is 0 Å². The molecule has 2 N–H and O–H groups in total.